The minimum atomic E-state index is -1.11. The van der Waals surface area contributed by atoms with Crippen molar-refractivity contribution in [1.29, 1.82) is 0 Å². The lowest BCUT2D eigenvalue weighted by atomic mass is 10.1. The summed E-state index contributed by atoms with van der Waals surface area (Å²) < 4.78 is 25.8. The quantitative estimate of drug-likeness (QED) is 0.880. The normalized spacial score (nSPS) is 10.2. The fourth-order valence-corrected chi connectivity index (χ4v) is 1.68. The average Bonchev–Trinajstić information content (AvgIpc) is 2.42. The molecule has 0 radical (unpaired) electrons. The van der Waals surface area contributed by atoms with Crippen LogP contribution in [-0.2, 0) is 0 Å². The molecule has 2 rings (SSSR count). The molecule has 20 heavy (non-hydrogen) atoms. The molecule has 1 N–H and O–H groups in total. The zero-order valence-corrected chi connectivity index (χ0v) is 10.7. The standard InChI is InChI=1S/C14H8ClF2NO2/c15-13(19)8-2-1-3-10(6-8)18-14(20)9-4-5-11(16)12(17)7-9/h1-7H,(H,18,20). The Bertz CT molecular complexity index is 689. The second-order valence-electron chi connectivity index (χ2n) is 3.94. The van der Waals surface area contributed by atoms with Gasteiger partial charge in [0.15, 0.2) is 11.6 Å². The Morgan fingerprint density at radius 1 is 0.950 bits per heavy atom. The van der Waals surface area contributed by atoms with Crippen LogP contribution < -0.4 is 5.32 Å². The minimum absolute atomic E-state index is 0.0356. The molecule has 0 spiro atoms. The number of halogens is 3. The van der Waals surface area contributed by atoms with Crippen LogP contribution in [0.1, 0.15) is 20.7 Å². The van der Waals surface area contributed by atoms with Gasteiger partial charge in [-0.2, -0.15) is 0 Å². The molecule has 0 heterocycles. The van der Waals surface area contributed by atoms with Gasteiger partial charge in [0.2, 0.25) is 0 Å². The molecular weight excluding hydrogens is 288 g/mol. The van der Waals surface area contributed by atoms with E-state index in [4.69, 9.17) is 11.6 Å². The molecule has 0 aliphatic carbocycles. The molecular formula is C14H8ClF2NO2. The van der Waals surface area contributed by atoms with Crippen LogP contribution >= 0.6 is 11.6 Å². The van der Waals surface area contributed by atoms with Gasteiger partial charge in [-0.15, -0.1) is 0 Å². The van der Waals surface area contributed by atoms with Gasteiger partial charge in [0, 0.05) is 16.8 Å². The van der Waals surface area contributed by atoms with Crippen molar-refractivity contribution in [2.24, 2.45) is 0 Å². The van der Waals surface area contributed by atoms with Crippen molar-refractivity contribution in [3.63, 3.8) is 0 Å². The van der Waals surface area contributed by atoms with E-state index in [1.807, 2.05) is 0 Å². The smallest absolute Gasteiger partial charge is 0.255 e. The van der Waals surface area contributed by atoms with Crippen LogP contribution in [0.25, 0.3) is 0 Å². The van der Waals surface area contributed by atoms with Gasteiger partial charge in [-0.05, 0) is 48.0 Å². The number of hydrogen-bond donors (Lipinski definition) is 1. The SMILES string of the molecule is O=C(Cl)c1cccc(NC(=O)c2ccc(F)c(F)c2)c1. The summed E-state index contributed by atoms with van der Waals surface area (Å²) in [6, 6.07) is 8.77. The van der Waals surface area contributed by atoms with Gasteiger partial charge in [-0.1, -0.05) is 6.07 Å². The molecule has 0 bridgehead atoms. The maximum Gasteiger partial charge on any atom is 0.255 e. The molecule has 0 saturated carbocycles. The van der Waals surface area contributed by atoms with E-state index in [1.54, 1.807) is 6.07 Å². The molecule has 0 aromatic heterocycles. The van der Waals surface area contributed by atoms with Gasteiger partial charge in [-0.25, -0.2) is 8.78 Å². The van der Waals surface area contributed by atoms with E-state index in [1.165, 1.54) is 18.2 Å². The number of rotatable bonds is 3. The second-order valence-corrected chi connectivity index (χ2v) is 4.28. The van der Waals surface area contributed by atoms with Gasteiger partial charge in [0.1, 0.15) is 0 Å². The Balaban J connectivity index is 2.21. The molecule has 102 valence electrons. The molecule has 0 fully saturated rings. The van der Waals surface area contributed by atoms with Crippen LogP contribution in [-0.4, -0.2) is 11.1 Å². The molecule has 0 atom stereocenters. The van der Waals surface area contributed by atoms with Crippen molar-refractivity contribution in [2.45, 2.75) is 0 Å². The largest absolute Gasteiger partial charge is 0.322 e. The van der Waals surface area contributed by atoms with Gasteiger partial charge >= 0.3 is 0 Å². The lowest BCUT2D eigenvalue weighted by molar-refractivity contribution is 0.102. The van der Waals surface area contributed by atoms with Crippen molar-refractivity contribution >= 4 is 28.4 Å². The highest BCUT2D eigenvalue weighted by atomic mass is 35.5. The highest BCUT2D eigenvalue weighted by molar-refractivity contribution is 6.67. The highest BCUT2D eigenvalue weighted by Crippen LogP contribution is 2.15. The molecule has 2 aromatic carbocycles. The summed E-state index contributed by atoms with van der Waals surface area (Å²) in [4.78, 5) is 22.8. The second kappa shape index (κ2) is 5.79. The van der Waals surface area contributed by atoms with Crippen molar-refractivity contribution in [2.75, 3.05) is 5.32 Å². The summed E-state index contributed by atoms with van der Waals surface area (Å²) in [5.74, 6) is -2.76. The Kier molecular flexibility index (Phi) is 4.10. The first-order chi connectivity index (χ1) is 9.47. The molecule has 6 heteroatoms. The van der Waals surface area contributed by atoms with E-state index in [0.717, 1.165) is 18.2 Å². The molecule has 0 aliphatic heterocycles. The minimum Gasteiger partial charge on any atom is -0.322 e. The van der Waals surface area contributed by atoms with Gasteiger partial charge < -0.3 is 5.32 Å². The third-order valence-corrected chi connectivity index (χ3v) is 2.75. The number of hydrogen-bond acceptors (Lipinski definition) is 2. The van der Waals surface area contributed by atoms with Crippen molar-refractivity contribution in [3.8, 4) is 0 Å². The number of anilines is 1. The Hall–Kier alpha value is -2.27. The van der Waals surface area contributed by atoms with Crippen LogP contribution in [0, 0.1) is 11.6 Å². The Morgan fingerprint density at radius 3 is 2.35 bits per heavy atom. The van der Waals surface area contributed by atoms with Gasteiger partial charge in [-0.3, -0.25) is 9.59 Å². The van der Waals surface area contributed by atoms with E-state index in [-0.39, 0.29) is 11.1 Å². The number of nitrogens with one attached hydrogen (secondary N) is 1. The van der Waals surface area contributed by atoms with Crippen LogP contribution in [0.5, 0.6) is 0 Å². The summed E-state index contributed by atoms with van der Waals surface area (Å²) in [6.07, 6.45) is 0. The summed E-state index contributed by atoms with van der Waals surface area (Å²) in [5, 5.41) is 1.80. The fraction of sp³-hybridized carbons (Fsp3) is 0. The van der Waals surface area contributed by atoms with E-state index < -0.39 is 22.8 Å². The average molecular weight is 296 g/mol. The first-order valence-electron chi connectivity index (χ1n) is 5.53. The summed E-state index contributed by atoms with van der Waals surface area (Å²) >= 11 is 5.32. The summed E-state index contributed by atoms with van der Waals surface area (Å²) in [7, 11) is 0. The Labute approximate surface area is 118 Å². The molecule has 0 aliphatic rings. The van der Waals surface area contributed by atoms with E-state index >= 15 is 0 Å². The summed E-state index contributed by atoms with van der Waals surface area (Å²) in [6.45, 7) is 0. The van der Waals surface area contributed by atoms with E-state index in [9.17, 15) is 18.4 Å². The lowest BCUT2D eigenvalue weighted by Gasteiger charge is -2.06. The zero-order chi connectivity index (χ0) is 14.7. The van der Waals surface area contributed by atoms with Gasteiger partial charge in [0.25, 0.3) is 11.1 Å². The predicted octanol–water partition coefficient (Wildman–Crippen LogP) is 3.60. The zero-order valence-electron chi connectivity index (χ0n) is 9.99. The third kappa shape index (κ3) is 3.19. The van der Waals surface area contributed by atoms with Crippen LogP contribution in [0.3, 0.4) is 0 Å². The van der Waals surface area contributed by atoms with E-state index in [2.05, 4.69) is 5.32 Å². The van der Waals surface area contributed by atoms with E-state index in [0.29, 0.717) is 5.69 Å². The predicted molar refractivity (Wildman–Crippen MR) is 70.9 cm³/mol. The first kappa shape index (κ1) is 14.1. The lowest BCUT2D eigenvalue weighted by Crippen LogP contribution is -2.12. The Morgan fingerprint density at radius 2 is 1.70 bits per heavy atom. The van der Waals surface area contributed by atoms with Crippen molar-refractivity contribution in [3.05, 3.63) is 65.2 Å². The fourth-order valence-electron chi connectivity index (χ4n) is 1.56. The molecule has 1 amide bonds. The van der Waals surface area contributed by atoms with Crippen LogP contribution in [0.2, 0.25) is 0 Å². The number of carbonyl (C=O) groups excluding carboxylic acids is 2. The number of amides is 1. The molecule has 2 aromatic rings. The first-order valence-corrected chi connectivity index (χ1v) is 5.91. The molecule has 0 saturated heterocycles. The number of benzene rings is 2. The van der Waals surface area contributed by atoms with Crippen LogP contribution in [0.15, 0.2) is 42.5 Å². The third-order valence-electron chi connectivity index (χ3n) is 2.53. The molecule has 3 nitrogen and oxygen atoms in total. The highest BCUT2D eigenvalue weighted by Gasteiger charge is 2.11. The monoisotopic (exact) mass is 295 g/mol. The summed E-state index contributed by atoms with van der Waals surface area (Å²) in [5.41, 5.74) is 0.507. The van der Waals surface area contributed by atoms with Crippen LogP contribution in [0.4, 0.5) is 14.5 Å². The van der Waals surface area contributed by atoms with Gasteiger partial charge in [0.05, 0.1) is 0 Å². The molecule has 0 unspecified atom stereocenters. The van der Waals surface area contributed by atoms with Crippen molar-refractivity contribution < 1.29 is 18.4 Å². The topological polar surface area (TPSA) is 46.2 Å². The van der Waals surface area contributed by atoms with Crippen molar-refractivity contribution in [1.82, 2.24) is 0 Å². The number of carbonyl (C=O) groups is 2. The maximum atomic E-state index is 13.0. The maximum absolute atomic E-state index is 13.0.